The summed E-state index contributed by atoms with van der Waals surface area (Å²) >= 11 is 7.17. The molecule has 0 aromatic carbocycles. The Morgan fingerprint density at radius 3 is 3.11 bits per heavy atom. The SMILES string of the molecule is CCOC(=O)[C@@H]1CCCCN1Cc1nnsc1Cl. The van der Waals surface area contributed by atoms with Crippen molar-refractivity contribution < 1.29 is 9.53 Å². The Morgan fingerprint density at radius 1 is 1.61 bits per heavy atom. The lowest BCUT2D eigenvalue weighted by Crippen LogP contribution is -2.45. The summed E-state index contributed by atoms with van der Waals surface area (Å²) in [5, 5.41) is 3.99. The fourth-order valence-corrected chi connectivity index (χ4v) is 2.78. The molecule has 7 heteroatoms. The second kappa shape index (κ2) is 6.45. The summed E-state index contributed by atoms with van der Waals surface area (Å²) in [4.78, 5) is 14.0. The first kappa shape index (κ1) is 13.7. The Kier molecular flexibility index (Phi) is 4.91. The van der Waals surface area contributed by atoms with Gasteiger partial charge in [0, 0.05) is 18.1 Å². The molecular weight excluding hydrogens is 274 g/mol. The predicted molar refractivity (Wildman–Crippen MR) is 69.6 cm³/mol. The second-order valence-corrected chi connectivity index (χ2v) is 5.58. The number of hydrogen-bond donors (Lipinski definition) is 0. The fourth-order valence-electron chi connectivity index (χ4n) is 2.17. The Morgan fingerprint density at radius 2 is 2.44 bits per heavy atom. The third kappa shape index (κ3) is 3.18. The minimum atomic E-state index is -0.170. The van der Waals surface area contributed by atoms with Gasteiger partial charge in [0.05, 0.1) is 6.61 Å². The fraction of sp³-hybridized carbons (Fsp3) is 0.727. The molecule has 1 aromatic rings. The van der Waals surface area contributed by atoms with Crippen molar-refractivity contribution >= 4 is 29.1 Å². The van der Waals surface area contributed by atoms with Crippen molar-refractivity contribution in [3.8, 4) is 0 Å². The molecule has 0 aliphatic carbocycles. The molecule has 1 aliphatic heterocycles. The third-order valence-corrected chi connectivity index (χ3v) is 4.02. The van der Waals surface area contributed by atoms with Crippen LogP contribution in [0.3, 0.4) is 0 Å². The number of hydrogen-bond acceptors (Lipinski definition) is 6. The van der Waals surface area contributed by atoms with Crippen LogP contribution in [0.4, 0.5) is 0 Å². The summed E-state index contributed by atoms with van der Waals surface area (Å²) < 4.78 is 9.52. The molecule has 1 atom stereocenters. The van der Waals surface area contributed by atoms with E-state index in [2.05, 4.69) is 14.5 Å². The summed E-state index contributed by atoms with van der Waals surface area (Å²) in [5.41, 5.74) is 0.748. The number of halogens is 1. The lowest BCUT2D eigenvalue weighted by molar-refractivity contribution is -0.151. The summed E-state index contributed by atoms with van der Waals surface area (Å²) in [6.45, 7) is 3.69. The lowest BCUT2D eigenvalue weighted by atomic mass is 10.0. The zero-order valence-corrected chi connectivity index (χ0v) is 11.8. The first-order valence-corrected chi connectivity index (χ1v) is 7.25. The van der Waals surface area contributed by atoms with Crippen LogP contribution in [0.5, 0.6) is 0 Å². The van der Waals surface area contributed by atoms with Crippen LogP contribution in [0.2, 0.25) is 4.34 Å². The Hall–Kier alpha value is -0.720. The van der Waals surface area contributed by atoms with E-state index in [0.717, 1.165) is 31.5 Å². The largest absolute Gasteiger partial charge is 0.465 e. The number of carbonyl (C=O) groups is 1. The van der Waals surface area contributed by atoms with Crippen molar-refractivity contribution in [3.63, 3.8) is 0 Å². The molecule has 1 aliphatic rings. The Labute approximate surface area is 115 Å². The van der Waals surface area contributed by atoms with Crippen LogP contribution in [0, 0.1) is 0 Å². The highest BCUT2D eigenvalue weighted by Gasteiger charge is 2.30. The molecule has 0 N–H and O–H groups in total. The van der Waals surface area contributed by atoms with Crippen LogP contribution >= 0.6 is 23.1 Å². The monoisotopic (exact) mass is 289 g/mol. The van der Waals surface area contributed by atoms with Crippen molar-refractivity contribution in [3.05, 3.63) is 10.0 Å². The highest BCUT2D eigenvalue weighted by molar-refractivity contribution is 7.10. The molecule has 0 amide bonds. The van der Waals surface area contributed by atoms with Gasteiger partial charge in [-0.05, 0) is 26.3 Å². The van der Waals surface area contributed by atoms with E-state index < -0.39 is 0 Å². The highest BCUT2D eigenvalue weighted by atomic mass is 35.5. The van der Waals surface area contributed by atoms with E-state index in [0.29, 0.717) is 17.5 Å². The second-order valence-electron chi connectivity index (χ2n) is 4.23. The smallest absolute Gasteiger partial charge is 0.323 e. The minimum Gasteiger partial charge on any atom is -0.465 e. The van der Waals surface area contributed by atoms with Crippen LogP contribution in [0.1, 0.15) is 31.9 Å². The van der Waals surface area contributed by atoms with E-state index in [-0.39, 0.29) is 12.0 Å². The van der Waals surface area contributed by atoms with Gasteiger partial charge in [-0.25, -0.2) is 0 Å². The maximum absolute atomic E-state index is 11.9. The topological polar surface area (TPSA) is 55.3 Å². The van der Waals surface area contributed by atoms with Crippen molar-refractivity contribution in [2.75, 3.05) is 13.2 Å². The third-order valence-electron chi connectivity index (χ3n) is 3.03. The van der Waals surface area contributed by atoms with Gasteiger partial charge in [0.25, 0.3) is 0 Å². The van der Waals surface area contributed by atoms with Gasteiger partial charge in [-0.2, -0.15) is 0 Å². The van der Waals surface area contributed by atoms with Crippen LogP contribution in [0.25, 0.3) is 0 Å². The number of piperidine rings is 1. The van der Waals surface area contributed by atoms with Gasteiger partial charge in [0.1, 0.15) is 16.1 Å². The summed E-state index contributed by atoms with van der Waals surface area (Å²) in [6, 6.07) is -0.170. The number of likely N-dealkylation sites (tertiary alicyclic amines) is 1. The van der Waals surface area contributed by atoms with Crippen molar-refractivity contribution in [1.82, 2.24) is 14.5 Å². The Balaban J connectivity index is 2.04. The van der Waals surface area contributed by atoms with Crippen LogP contribution in [-0.2, 0) is 16.1 Å². The molecule has 100 valence electrons. The van der Waals surface area contributed by atoms with Crippen LogP contribution < -0.4 is 0 Å². The zero-order valence-electron chi connectivity index (χ0n) is 10.3. The van der Waals surface area contributed by atoms with E-state index in [4.69, 9.17) is 16.3 Å². The van der Waals surface area contributed by atoms with Crippen LogP contribution in [0.15, 0.2) is 0 Å². The summed E-state index contributed by atoms with van der Waals surface area (Å²) in [6.07, 6.45) is 2.99. The van der Waals surface area contributed by atoms with E-state index in [1.165, 1.54) is 11.5 Å². The van der Waals surface area contributed by atoms with Gasteiger partial charge >= 0.3 is 5.97 Å². The molecule has 1 fully saturated rings. The predicted octanol–water partition coefficient (Wildman–Crippen LogP) is 2.11. The summed E-state index contributed by atoms with van der Waals surface area (Å²) in [5.74, 6) is -0.142. The molecule has 5 nitrogen and oxygen atoms in total. The van der Waals surface area contributed by atoms with Crippen LogP contribution in [-0.4, -0.2) is 39.6 Å². The lowest BCUT2D eigenvalue weighted by Gasteiger charge is -2.33. The van der Waals surface area contributed by atoms with E-state index in [1.54, 1.807) is 0 Å². The molecule has 0 radical (unpaired) electrons. The molecule has 2 heterocycles. The van der Waals surface area contributed by atoms with E-state index in [1.807, 2.05) is 6.92 Å². The molecule has 2 rings (SSSR count). The molecular formula is C11H16ClN3O2S. The van der Waals surface area contributed by atoms with Crippen molar-refractivity contribution in [1.29, 1.82) is 0 Å². The number of esters is 1. The van der Waals surface area contributed by atoms with Gasteiger partial charge in [0.2, 0.25) is 0 Å². The van der Waals surface area contributed by atoms with Crippen molar-refractivity contribution in [2.24, 2.45) is 0 Å². The van der Waals surface area contributed by atoms with E-state index in [9.17, 15) is 4.79 Å². The number of nitrogens with zero attached hydrogens (tertiary/aromatic N) is 3. The average Bonchev–Trinajstić information content (AvgIpc) is 2.76. The molecule has 0 bridgehead atoms. The number of rotatable bonds is 4. The molecule has 1 saturated heterocycles. The average molecular weight is 290 g/mol. The molecule has 1 aromatic heterocycles. The highest BCUT2D eigenvalue weighted by Crippen LogP contribution is 2.24. The van der Waals surface area contributed by atoms with E-state index >= 15 is 0 Å². The van der Waals surface area contributed by atoms with Gasteiger partial charge in [-0.1, -0.05) is 22.5 Å². The zero-order chi connectivity index (χ0) is 13.0. The van der Waals surface area contributed by atoms with Gasteiger partial charge in [-0.3, -0.25) is 9.69 Å². The van der Waals surface area contributed by atoms with Crippen molar-refractivity contribution in [2.45, 2.75) is 38.8 Å². The number of carbonyl (C=O) groups excluding carboxylic acids is 1. The number of aromatic nitrogens is 2. The van der Waals surface area contributed by atoms with Gasteiger partial charge in [0.15, 0.2) is 0 Å². The quantitative estimate of drug-likeness (QED) is 0.795. The minimum absolute atomic E-state index is 0.142. The first-order chi connectivity index (χ1) is 8.72. The van der Waals surface area contributed by atoms with Gasteiger partial charge < -0.3 is 4.74 Å². The normalized spacial score (nSPS) is 20.9. The maximum Gasteiger partial charge on any atom is 0.323 e. The standard InChI is InChI=1S/C11H16ClN3O2S/c1-2-17-11(16)9-5-3-4-6-15(9)7-8-10(12)18-14-13-8/h9H,2-7H2,1H3/t9-/m0/s1. The molecule has 0 spiro atoms. The Bertz CT molecular complexity index is 413. The molecule has 0 saturated carbocycles. The summed E-state index contributed by atoms with van der Waals surface area (Å²) in [7, 11) is 0. The number of ether oxygens (including phenoxy) is 1. The molecule has 0 unspecified atom stereocenters. The molecule has 18 heavy (non-hydrogen) atoms. The first-order valence-electron chi connectivity index (χ1n) is 6.09. The van der Waals surface area contributed by atoms with Gasteiger partial charge in [-0.15, -0.1) is 5.10 Å². The maximum atomic E-state index is 11.9.